The van der Waals surface area contributed by atoms with Crippen molar-refractivity contribution in [2.24, 2.45) is 20.0 Å². The first kappa shape index (κ1) is 18.1. The van der Waals surface area contributed by atoms with Gasteiger partial charge in [0, 0.05) is 32.5 Å². The van der Waals surface area contributed by atoms with Gasteiger partial charge >= 0.3 is 5.69 Å². The van der Waals surface area contributed by atoms with Gasteiger partial charge in [-0.2, -0.15) is 5.10 Å². The van der Waals surface area contributed by atoms with Crippen LogP contribution in [0, 0.1) is 5.92 Å². The average molecular weight is 352 g/mol. The van der Waals surface area contributed by atoms with Crippen LogP contribution in [0.2, 0.25) is 0 Å². The monoisotopic (exact) mass is 352 g/mol. The Morgan fingerprint density at radius 2 is 2.04 bits per heavy atom. The molecule has 1 aromatic rings. The van der Waals surface area contributed by atoms with Crippen molar-refractivity contribution in [2.75, 3.05) is 13.2 Å². The van der Waals surface area contributed by atoms with Gasteiger partial charge in [0.2, 0.25) is 5.91 Å². The summed E-state index contributed by atoms with van der Waals surface area (Å²) in [7, 11) is 3.33. The molecule has 8 nitrogen and oxygen atoms in total. The van der Waals surface area contributed by atoms with E-state index in [1.807, 2.05) is 0 Å². The zero-order valence-corrected chi connectivity index (χ0v) is 15.0. The van der Waals surface area contributed by atoms with Gasteiger partial charge in [0.1, 0.15) is 12.4 Å². The maximum atomic E-state index is 11.9. The molecule has 8 heteroatoms. The van der Waals surface area contributed by atoms with Crippen molar-refractivity contribution in [1.29, 1.82) is 0 Å². The molecule has 0 radical (unpaired) electrons. The highest BCUT2D eigenvalue weighted by atomic mass is 16.5. The average Bonchev–Trinajstić information content (AvgIpc) is 3.28. The maximum Gasteiger partial charge on any atom is 0.345 e. The Bertz CT molecular complexity index is 662. The van der Waals surface area contributed by atoms with E-state index in [0.717, 1.165) is 12.8 Å². The fourth-order valence-electron chi connectivity index (χ4n) is 4.01. The van der Waals surface area contributed by atoms with Gasteiger partial charge in [0.05, 0.1) is 12.2 Å². The quantitative estimate of drug-likeness (QED) is 0.754. The van der Waals surface area contributed by atoms with Gasteiger partial charge in [-0.15, -0.1) is 0 Å². The molecular formula is C17H28N4O4. The van der Waals surface area contributed by atoms with Crippen molar-refractivity contribution in [1.82, 2.24) is 19.7 Å². The Morgan fingerprint density at radius 3 is 2.68 bits per heavy atom. The second kappa shape index (κ2) is 7.70. The minimum atomic E-state index is -0.502. The maximum absolute atomic E-state index is 11.9. The summed E-state index contributed by atoms with van der Waals surface area (Å²) >= 11 is 0. The first-order valence-corrected chi connectivity index (χ1v) is 9.12. The lowest BCUT2D eigenvalue weighted by atomic mass is 10.0. The Hall–Kier alpha value is -1.67. The molecule has 0 bridgehead atoms. The van der Waals surface area contributed by atoms with E-state index in [9.17, 15) is 14.7 Å². The first-order valence-electron chi connectivity index (χ1n) is 9.12. The van der Waals surface area contributed by atoms with E-state index in [-0.39, 0.29) is 36.1 Å². The van der Waals surface area contributed by atoms with Crippen LogP contribution in [0.1, 0.15) is 50.3 Å². The van der Waals surface area contributed by atoms with Crippen LogP contribution in [0.4, 0.5) is 0 Å². The molecule has 25 heavy (non-hydrogen) atoms. The van der Waals surface area contributed by atoms with Crippen LogP contribution >= 0.6 is 0 Å². The number of rotatable bonds is 6. The molecule has 2 aliphatic carbocycles. The summed E-state index contributed by atoms with van der Waals surface area (Å²) in [6.45, 7) is 0.511. The van der Waals surface area contributed by atoms with Crippen LogP contribution in [0.15, 0.2) is 4.79 Å². The Labute approximate surface area is 147 Å². The number of hydrogen-bond acceptors (Lipinski definition) is 5. The number of carbonyl (C=O) groups excluding carboxylic acids is 1. The second-order valence-electron chi connectivity index (χ2n) is 7.34. The molecular weight excluding hydrogens is 324 g/mol. The van der Waals surface area contributed by atoms with E-state index >= 15 is 0 Å². The van der Waals surface area contributed by atoms with E-state index in [1.54, 1.807) is 14.1 Å². The van der Waals surface area contributed by atoms with E-state index in [4.69, 9.17) is 4.74 Å². The fourth-order valence-corrected chi connectivity index (χ4v) is 4.01. The molecule has 0 unspecified atom stereocenters. The number of carbonyl (C=O) groups is 1. The molecule has 2 saturated carbocycles. The van der Waals surface area contributed by atoms with Crippen molar-refractivity contribution in [3.05, 3.63) is 16.3 Å². The molecule has 1 heterocycles. The summed E-state index contributed by atoms with van der Waals surface area (Å²) < 4.78 is 8.46. The SMILES string of the molecule is Cn1nc([C@H]2C[C@H](CNC(=O)COC3CCCC3)[C@H](O)C2)n(C)c1=O. The van der Waals surface area contributed by atoms with E-state index < -0.39 is 6.10 Å². The number of amides is 1. The number of aliphatic hydroxyl groups is 1. The lowest BCUT2D eigenvalue weighted by molar-refractivity contribution is -0.127. The van der Waals surface area contributed by atoms with Gasteiger partial charge in [-0.25, -0.2) is 9.48 Å². The van der Waals surface area contributed by atoms with Gasteiger partial charge in [-0.1, -0.05) is 12.8 Å². The highest BCUT2D eigenvalue weighted by Gasteiger charge is 2.36. The van der Waals surface area contributed by atoms with Crippen molar-refractivity contribution in [3.8, 4) is 0 Å². The number of hydrogen-bond donors (Lipinski definition) is 2. The third-order valence-electron chi connectivity index (χ3n) is 5.50. The molecule has 3 atom stereocenters. The van der Waals surface area contributed by atoms with Crippen molar-refractivity contribution >= 4 is 5.91 Å². The largest absolute Gasteiger partial charge is 0.393 e. The van der Waals surface area contributed by atoms with Crippen LogP contribution < -0.4 is 11.0 Å². The standard InChI is InChI=1S/C17H28N4O4/c1-20-16(19-21(2)17(20)24)11-7-12(14(22)8-11)9-18-15(23)10-25-13-5-3-4-6-13/h11-14,22H,3-10H2,1-2H3,(H,18,23)/t11-,12+,14+/m0/s1. The predicted molar refractivity (Wildman–Crippen MR) is 91.1 cm³/mol. The highest BCUT2D eigenvalue weighted by Crippen LogP contribution is 2.37. The van der Waals surface area contributed by atoms with Crippen LogP contribution in [0.25, 0.3) is 0 Å². The van der Waals surface area contributed by atoms with Crippen LogP contribution in [0.5, 0.6) is 0 Å². The minimum absolute atomic E-state index is 0.0301. The number of aryl methyl sites for hydroxylation is 1. The summed E-state index contributed by atoms with van der Waals surface area (Å²) in [6.07, 6.45) is 5.42. The lowest BCUT2D eigenvalue weighted by Gasteiger charge is -2.16. The molecule has 0 saturated heterocycles. The third kappa shape index (κ3) is 4.12. The number of ether oxygens (including phenoxy) is 1. The number of nitrogens with one attached hydrogen (secondary N) is 1. The van der Waals surface area contributed by atoms with Gasteiger partial charge in [-0.05, 0) is 25.7 Å². The van der Waals surface area contributed by atoms with E-state index in [2.05, 4.69) is 10.4 Å². The normalized spacial score (nSPS) is 27.1. The zero-order valence-electron chi connectivity index (χ0n) is 15.0. The van der Waals surface area contributed by atoms with Crippen LogP contribution in [-0.4, -0.2) is 50.7 Å². The molecule has 2 fully saturated rings. The molecule has 2 N–H and O–H groups in total. The molecule has 1 aromatic heterocycles. The zero-order chi connectivity index (χ0) is 18.0. The number of aliphatic hydroxyl groups excluding tert-OH is 1. The number of nitrogens with zero attached hydrogens (tertiary/aromatic N) is 3. The smallest absolute Gasteiger partial charge is 0.345 e. The fraction of sp³-hybridized carbons (Fsp3) is 0.824. The summed E-state index contributed by atoms with van der Waals surface area (Å²) in [5.41, 5.74) is -0.162. The first-order chi connectivity index (χ1) is 12.0. The van der Waals surface area contributed by atoms with Gasteiger partial charge in [-0.3, -0.25) is 9.36 Å². The Morgan fingerprint density at radius 1 is 1.32 bits per heavy atom. The number of aromatic nitrogens is 3. The van der Waals surface area contributed by atoms with Crippen LogP contribution in [-0.2, 0) is 23.6 Å². The van der Waals surface area contributed by atoms with Crippen molar-refractivity contribution < 1.29 is 14.6 Å². The van der Waals surface area contributed by atoms with Gasteiger partial charge in [0.15, 0.2) is 0 Å². The van der Waals surface area contributed by atoms with E-state index in [0.29, 0.717) is 25.2 Å². The summed E-state index contributed by atoms with van der Waals surface area (Å²) in [5, 5.41) is 17.4. The van der Waals surface area contributed by atoms with Crippen molar-refractivity contribution in [2.45, 2.75) is 56.7 Å². The topological polar surface area (TPSA) is 98.4 Å². The lowest BCUT2D eigenvalue weighted by Crippen LogP contribution is -2.35. The van der Waals surface area contributed by atoms with Crippen molar-refractivity contribution in [3.63, 3.8) is 0 Å². The molecule has 140 valence electrons. The predicted octanol–water partition coefficient (Wildman–Crippen LogP) is 0.0487. The molecule has 0 aromatic carbocycles. The molecule has 0 spiro atoms. The molecule has 3 rings (SSSR count). The minimum Gasteiger partial charge on any atom is -0.393 e. The summed E-state index contributed by atoms with van der Waals surface area (Å²) in [6, 6.07) is 0. The molecule has 0 aliphatic heterocycles. The summed E-state index contributed by atoms with van der Waals surface area (Å²) in [4.78, 5) is 23.8. The van der Waals surface area contributed by atoms with E-state index in [1.165, 1.54) is 22.1 Å². The Balaban J connectivity index is 1.47. The Kier molecular flexibility index (Phi) is 5.58. The molecule has 2 aliphatic rings. The van der Waals surface area contributed by atoms with Gasteiger partial charge in [0.25, 0.3) is 0 Å². The second-order valence-corrected chi connectivity index (χ2v) is 7.34. The van der Waals surface area contributed by atoms with Gasteiger partial charge < -0.3 is 15.2 Å². The van der Waals surface area contributed by atoms with Crippen LogP contribution in [0.3, 0.4) is 0 Å². The third-order valence-corrected chi connectivity index (χ3v) is 5.50. The highest BCUT2D eigenvalue weighted by molar-refractivity contribution is 5.77. The summed E-state index contributed by atoms with van der Waals surface area (Å²) in [5.74, 6) is 0.570. The molecule has 1 amide bonds.